The Morgan fingerprint density at radius 1 is 1.25 bits per heavy atom. The summed E-state index contributed by atoms with van der Waals surface area (Å²) in [5, 5.41) is 2.68. The molecule has 1 unspecified atom stereocenters. The third-order valence-corrected chi connectivity index (χ3v) is 3.10. The highest BCUT2D eigenvalue weighted by Crippen LogP contribution is 2.14. The van der Waals surface area contributed by atoms with E-state index in [0.717, 1.165) is 11.1 Å². The van der Waals surface area contributed by atoms with Crippen molar-refractivity contribution >= 4 is 11.8 Å². The highest BCUT2D eigenvalue weighted by Gasteiger charge is 2.22. The Balaban J connectivity index is 2.74. The fourth-order valence-corrected chi connectivity index (χ4v) is 1.89. The number of benzene rings is 1. The number of carbonyl (C=O) groups excluding carboxylic acids is 2. The molecule has 0 aliphatic carbocycles. The maximum absolute atomic E-state index is 12.3. The number of likely N-dealkylation sites (N-methyl/N-ethyl adjacent to an activating group) is 2. The standard InChI is InChI=1S/C15H23N3O2/c1-4-17-13(19)10-18(5-2)15(20)14(16)12-8-6-11(3)7-9-12/h6-9,14H,4-5,10,16H2,1-3H3,(H,17,19). The molecular weight excluding hydrogens is 254 g/mol. The van der Waals surface area contributed by atoms with Crippen LogP contribution in [0, 0.1) is 6.92 Å². The van der Waals surface area contributed by atoms with E-state index in [1.165, 1.54) is 4.90 Å². The zero-order chi connectivity index (χ0) is 15.1. The van der Waals surface area contributed by atoms with Crippen LogP contribution in [0.3, 0.4) is 0 Å². The van der Waals surface area contributed by atoms with Gasteiger partial charge in [-0.3, -0.25) is 9.59 Å². The number of aryl methyl sites for hydroxylation is 1. The smallest absolute Gasteiger partial charge is 0.244 e. The van der Waals surface area contributed by atoms with Gasteiger partial charge in [0.25, 0.3) is 0 Å². The summed E-state index contributed by atoms with van der Waals surface area (Å²) < 4.78 is 0. The van der Waals surface area contributed by atoms with Crippen molar-refractivity contribution in [2.24, 2.45) is 5.73 Å². The fourth-order valence-electron chi connectivity index (χ4n) is 1.89. The number of nitrogens with one attached hydrogen (secondary N) is 1. The van der Waals surface area contributed by atoms with Crippen LogP contribution in [0.4, 0.5) is 0 Å². The number of amides is 2. The summed E-state index contributed by atoms with van der Waals surface area (Å²) in [5.74, 6) is -0.401. The molecule has 0 aliphatic heterocycles. The molecule has 0 heterocycles. The second kappa shape index (κ2) is 7.65. The predicted octanol–water partition coefficient (Wildman–Crippen LogP) is 0.979. The summed E-state index contributed by atoms with van der Waals surface area (Å²) in [6.07, 6.45) is 0. The quantitative estimate of drug-likeness (QED) is 0.814. The van der Waals surface area contributed by atoms with Crippen molar-refractivity contribution in [2.75, 3.05) is 19.6 Å². The normalized spacial score (nSPS) is 11.8. The monoisotopic (exact) mass is 277 g/mol. The number of hydrogen-bond donors (Lipinski definition) is 2. The highest BCUT2D eigenvalue weighted by atomic mass is 16.2. The van der Waals surface area contributed by atoms with E-state index in [4.69, 9.17) is 5.73 Å². The zero-order valence-electron chi connectivity index (χ0n) is 12.3. The second-order valence-electron chi connectivity index (χ2n) is 4.69. The minimum atomic E-state index is -0.732. The minimum Gasteiger partial charge on any atom is -0.355 e. The Morgan fingerprint density at radius 3 is 2.35 bits per heavy atom. The molecule has 20 heavy (non-hydrogen) atoms. The van der Waals surface area contributed by atoms with E-state index in [9.17, 15) is 9.59 Å². The first-order chi connectivity index (χ1) is 9.49. The van der Waals surface area contributed by atoms with E-state index in [-0.39, 0.29) is 18.4 Å². The van der Waals surface area contributed by atoms with E-state index < -0.39 is 6.04 Å². The number of nitrogens with two attached hydrogens (primary N) is 1. The second-order valence-corrected chi connectivity index (χ2v) is 4.69. The van der Waals surface area contributed by atoms with Crippen LogP contribution in [-0.4, -0.2) is 36.3 Å². The van der Waals surface area contributed by atoms with Gasteiger partial charge in [0.05, 0.1) is 6.54 Å². The fraction of sp³-hybridized carbons (Fsp3) is 0.467. The van der Waals surface area contributed by atoms with E-state index >= 15 is 0 Å². The minimum absolute atomic E-state index is 0.0444. The molecule has 0 saturated carbocycles. The van der Waals surface area contributed by atoms with Crippen LogP contribution in [0.1, 0.15) is 31.0 Å². The van der Waals surface area contributed by atoms with Crippen LogP contribution in [-0.2, 0) is 9.59 Å². The van der Waals surface area contributed by atoms with Crippen molar-refractivity contribution in [1.82, 2.24) is 10.2 Å². The molecule has 2 amide bonds. The van der Waals surface area contributed by atoms with Gasteiger partial charge in [-0.2, -0.15) is 0 Å². The molecule has 5 nitrogen and oxygen atoms in total. The van der Waals surface area contributed by atoms with E-state index in [1.54, 1.807) is 0 Å². The molecule has 0 aliphatic rings. The molecule has 1 aromatic carbocycles. The lowest BCUT2D eigenvalue weighted by Gasteiger charge is -2.24. The van der Waals surface area contributed by atoms with Crippen LogP contribution in [0.15, 0.2) is 24.3 Å². The molecule has 0 spiro atoms. The molecule has 1 atom stereocenters. The molecule has 5 heteroatoms. The summed E-state index contributed by atoms with van der Waals surface area (Å²) in [6, 6.07) is 6.80. The van der Waals surface area contributed by atoms with Crippen molar-refractivity contribution < 1.29 is 9.59 Å². The van der Waals surface area contributed by atoms with Crippen molar-refractivity contribution in [3.05, 3.63) is 35.4 Å². The van der Waals surface area contributed by atoms with Crippen LogP contribution in [0.5, 0.6) is 0 Å². The molecule has 0 radical (unpaired) electrons. The van der Waals surface area contributed by atoms with Crippen LogP contribution >= 0.6 is 0 Å². The molecule has 1 rings (SSSR count). The summed E-state index contributed by atoms with van der Waals surface area (Å²) >= 11 is 0. The lowest BCUT2D eigenvalue weighted by atomic mass is 10.0. The van der Waals surface area contributed by atoms with E-state index in [2.05, 4.69) is 5.32 Å². The predicted molar refractivity (Wildman–Crippen MR) is 79.0 cm³/mol. The van der Waals surface area contributed by atoms with Gasteiger partial charge in [-0.1, -0.05) is 29.8 Å². The van der Waals surface area contributed by atoms with Crippen molar-refractivity contribution in [3.63, 3.8) is 0 Å². The number of rotatable bonds is 6. The Labute approximate surface area is 120 Å². The lowest BCUT2D eigenvalue weighted by Crippen LogP contribution is -2.44. The first kappa shape index (κ1) is 16.2. The topological polar surface area (TPSA) is 75.4 Å². The lowest BCUT2D eigenvalue weighted by molar-refractivity contribution is -0.137. The molecule has 0 saturated heterocycles. The Bertz CT molecular complexity index is 457. The maximum atomic E-state index is 12.3. The molecule has 1 aromatic rings. The van der Waals surface area contributed by atoms with E-state index in [0.29, 0.717) is 13.1 Å². The molecule has 0 fully saturated rings. The Kier molecular flexibility index (Phi) is 6.18. The van der Waals surface area contributed by atoms with Gasteiger partial charge in [-0.15, -0.1) is 0 Å². The SMILES string of the molecule is CCNC(=O)CN(CC)C(=O)C(N)c1ccc(C)cc1. The van der Waals surface area contributed by atoms with Crippen LogP contribution < -0.4 is 11.1 Å². The average Bonchev–Trinajstić information content (AvgIpc) is 2.44. The summed E-state index contributed by atoms with van der Waals surface area (Å²) in [5.41, 5.74) is 7.86. The molecule has 0 aromatic heterocycles. The molecule has 0 bridgehead atoms. The van der Waals surface area contributed by atoms with Crippen molar-refractivity contribution in [2.45, 2.75) is 26.8 Å². The third-order valence-electron chi connectivity index (χ3n) is 3.10. The number of carbonyl (C=O) groups is 2. The van der Waals surface area contributed by atoms with Gasteiger partial charge in [0.2, 0.25) is 11.8 Å². The first-order valence-electron chi connectivity index (χ1n) is 6.87. The van der Waals surface area contributed by atoms with Gasteiger partial charge in [0.1, 0.15) is 6.04 Å². The van der Waals surface area contributed by atoms with Gasteiger partial charge in [0, 0.05) is 13.1 Å². The van der Waals surface area contributed by atoms with Crippen LogP contribution in [0.25, 0.3) is 0 Å². The largest absolute Gasteiger partial charge is 0.355 e. The number of nitrogens with zero attached hydrogens (tertiary/aromatic N) is 1. The Morgan fingerprint density at radius 2 is 1.85 bits per heavy atom. The molecule has 110 valence electrons. The first-order valence-corrected chi connectivity index (χ1v) is 6.87. The van der Waals surface area contributed by atoms with Crippen molar-refractivity contribution in [1.29, 1.82) is 0 Å². The van der Waals surface area contributed by atoms with Gasteiger partial charge in [0.15, 0.2) is 0 Å². The van der Waals surface area contributed by atoms with Crippen molar-refractivity contribution in [3.8, 4) is 0 Å². The van der Waals surface area contributed by atoms with Gasteiger partial charge in [-0.25, -0.2) is 0 Å². The molecule has 3 N–H and O–H groups in total. The third kappa shape index (κ3) is 4.35. The zero-order valence-corrected chi connectivity index (χ0v) is 12.3. The summed E-state index contributed by atoms with van der Waals surface area (Å²) in [4.78, 5) is 25.4. The summed E-state index contributed by atoms with van der Waals surface area (Å²) in [7, 11) is 0. The highest BCUT2D eigenvalue weighted by molar-refractivity contribution is 5.88. The average molecular weight is 277 g/mol. The number of hydrogen-bond acceptors (Lipinski definition) is 3. The van der Waals surface area contributed by atoms with Crippen LogP contribution in [0.2, 0.25) is 0 Å². The van der Waals surface area contributed by atoms with E-state index in [1.807, 2.05) is 45.0 Å². The molecular formula is C15H23N3O2. The van der Waals surface area contributed by atoms with Gasteiger partial charge in [-0.05, 0) is 26.3 Å². The van der Waals surface area contributed by atoms with Gasteiger partial charge < -0.3 is 16.0 Å². The Hall–Kier alpha value is -1.88. The maximum Gasteiger partial charge on any atom is 0.244 e. The summed E-state index contributed by atoms with van der Waals surface area (Å²) in [6.45, 7) is 6.70. The van der Waals surface area contributed by atoms with Gasteiger partial charge >= 0.3 is 0 Å².